The van der Waals surface area contributed by atoms with E-state index in [1.54, 1.807) is 24.3 Å². The van der Waals surface area contributed by atoms with Crippen molar-refractivity contribution in [3.63, 3.8) is 0 Å². The van der Waals surface area contributed by atoms with Crippen molar-refractivity contribution in [2.24, 2.45) is 0 Å². The first-order chi connectivity index (χ1) is 10.5. The molecule has 1 aromatic carbocycles. The molecule has 0 saturated heterocycles. The van der Waals surface area contributed by atoms with Gasteiger partial charge < -0.3 is 15.5 Å². The molecular formula is C13H13ClN4O4. The van der Waals surface area contributed by atoms with E-state index in [9.17, 15) is 14.7 Å². The Morgan fingerprint density at radius 1 is 1.36 bits per heavy atom. The molecule has 116 valence electrons. The number of aliphatic carboxylic acids is 1. The van der Waals surface area contributed by atoms with E-state index in [2.05, 4.69) is 20.7 Å². The van der Waals surface area contributed by atoms with Gasteiger partial charge in [-0.3, -0.25) is 9.89 Å². The molecule has 1 aromatic heterocycles. The second-order valence-electron chi connectivity index (χ2n) is 4.53. The van der Waals surface area contributed by atoms with E-state index < -0.39 is 24.0 Å². The van der Waals surface area contributed by atoms with Crippen LogP contribution in [0, 0.1) is 0 Å². The smallest absolute Gasteiger partial charge is 0.334 e. The van der Waals surface area contributed by atoms with Crippen molar-refractivity contribution in [2.45, 2.75) is 18.6 Å². The summed E-state index contributed by atoms with van der Waals surface area (Å²) in [6, 6.07) is 5.72. The fourth-order valence-corrected chi connectivity index (χ4v) is 2.08. The summed E-state index contributed by atoms with van der Waals surface area (Å²) in [5.41, 5.74) is 0.666. The van der Waals surface area contributed by atoms with Crippen molar-refractivity contribution in [1.29, 1.82) is 0 Å². The third-order valence-corrected chi connectivity index (χ3v) is 3.38. The fraction of sp³-hybridized carbons (Fsp3) is 0.231. The molecule has 0 unspecified atom stereocenters. The minimum atomic E-state index is -1.78. The van der Waals surface area contributed by atoms with Gasteiger partial charge >= 0.3 is 5.97 Å². The fourth-order valence-electron chi connectivity index (χ4n) is 1.87. The SMILES string of the molecule is O=C(N[C@H](Cc1ccccc1Cl)[C@H](O)C(=O)O)c1cnn[nH]1. The molecule has 2 rings (SSSR count). The molecule has 0 fully saturated rings. The van der Waals surface area contributed by atoms with Crippen LogP contribution in [0.15, 0.2) is 30.5 Å². The summed E-state index contributed by atoms with van der Waals surface area (Å²) in [6.07, 6.45) is -0.536. The summed E-state index contributed by atoms with van der Waals surface area (Å²) < 4.78 is 0. The van der Waals surface area contributed by atoms with Crippen LogP contribution in [0.5, 0.6) is 0 Å². The van der Waals surface area contributed by atoms with E-state index in [1.807, 2.05) is 0 Å². The molecule has 0 aliphatic heterocycles. The van der Waals surface area contributed by atoms with Gasteiger partial charge in [-0.1, -0.05) is 35.0 Å². The Morgan fingerprint density at radius 3 is 2.68 bits per heavy atom. The Balaban J connectivity index is 2.18. The molecule has 0 aliphatic carbocycles. The normalized spacial score (nSPS) is 13.4. The number of nitrogens with one attached hydrogen (secondary N) is 2. The number of hydrogen-bond donors (Lipinski definition) is 4. The van der Waals surface area contributed by atoms with Crippen LogP contribution in [-0.2, 0) is 11.2 Å². The number of hydrogen-bond acceptors (Lipinski definition) is 5. The number of benzene rings is 1. The minimum Gasteiger partial charge on any atom is -0.479 e. The molecule has 2 atom stereocenters. The lowest BCUT2D eigenvalue weighted by Gasteiger charge is -2.21. The lowest BCUT2D eigenvalue weighted by atomic mass is 10.0. The van der Waals surface area contributed by atoms with Gasteiger partial charge in [0.1, 0.15) is 5.69 Å². The van der Waals surface area contributed by atoms with Gasteiger partial charge in [0, 0.05) is 5.02 Å². The maximum atomic E-state index is 12.0. The number of aromatic nitrogens is 3. The average molecular weight is 325 g/mol. The Kier molecular flexibility index (Phi) is 5.08. The average Bonchev–Trinajstić information content (AvgIpc) is 3.02. The van der Waals surface area contributed by atoms with E-state index in [-0.39, 0.29) is 12.1 Å². The number of nitrogens with zero attached hydrogens (tertiary/aromatic N) is 2. The van der Waals surface area contributed by atoms with Crippen molar-refractivity contribution >= 4 is 23.5 Å². The molecule has 8 nitrogen and oxygen atoms in total. The molecule has 4 N–H and O–H groups in total. The Bertz CT molecular complexity index is 662. The number of carboxylic acids is 1. The van der Waals surface area contributed by atoms with Gasteiger partial charge in [0.15, 0.2) is 6.10 Å². The molecule has 1 amide bonds. The van der Waals surface area contributed by atoms with Gasteiger partial charge in [-0.25, -0.2) is 4.79 Å². The lowest BCUT2D eigenvalue weighted by Crippen LogP contribution is -2.48. The number of amides is 1. The second-order valence-corrected chi connectivity index (χ2v) is 4.94. The molecule has 9 heteroatoms. The van der Waals surface area contributed by atoms with E-state index in [4.69, 9.17) is 16.7 Å². The number of aromatic amines is 1. The van der Waals surface area contributed by atoms with Crippen LogP contribution < -0.4 is 5.32 Å². The van der Waals surface area contributed by atoms with Gasteiger partial charge in [-0.05, 0) is 18.1 Å². The van der Waals surface area contributed by atoms with Crippen molar-refractivity contribution in [3.05, 3.63) is 46.7 Å². The minimum absolute atomic E-state index is 0.0560. The third-order valence-electron chi connectivity index (χ3n) is 3.01. The van der Waals surface area contributed by atoms with Crippen LogP contribution in [0.1, 0.15) is 16.1 Å². The highest BCUT2D eigenvalue weighted by molar-refractivity contribution is 6.31. The van der Waals surface area contributed by atoms with E-state index in [0.717, 1.165) is 0 Å². The zero-order chi connectivity index (χ0) is 16.1. The Labute approximate surface area is 130 Å². The second kappa shape index (κ2) is 7.01. The number of halogens is 1. The van der Waals surface area contributed by atoms with Crippen LogP contribution in [0.2, 0.25) is 5.02 Å². The molecule has 0 radical (unpaired) electrons. The maximum Gasteiger partial charge on any atom is 0.334 e. The van der Waals surface area contributed by atoms with E-state index in [0.29, 0.717) is 10.6 Å². The first-order valence-electron chi connectivity index (χ1n) is 6.30. The summed E-state index contributed by atoms with van der Waals surface area (Å²) in [7, 11) is 0. The molecule has 22 heavy (non-hydrogen) atoms. The van der Waals surface area contributed by atoms with E-state index >= 15 is 0 Å². The summed E-state index contributed by atoms with van der Waals surface area (Å²) in [5, 5.41) is 30.8. The van der Waals surface area contributed by atoms with Gasteiger partial charge in [0.2, 0.25) is 0 Å². The molecule has 0 spiro atoms. The highest BCUT2D eigenvalue weighted by Gasteiger charge is 2.28. The number of H-pyrrole nitrogens is 1. The number of aliphatic hydroxyl groups excluding tert-OH is 1. The van der Waals surface area contributed by atoms with Crippen molar-refractivity contribution in [2.75, 3.05) is 0 Å². The topological polar surface area (TPSA) is 128 Å². The zero-order valence-corrected chi connectivity index (χ0v) is 12.0. The van der Waals surface area contributed by atoms with Crippen molar-refractivity contribution < 1.29 is 19.8 Å². The highest BCUT2D eigenvalue weighted by Crippen LogP contribution is 2.18. The standard InChI is InChI=1S/C13H13ClN4O4/c14-8-4-2-1-3-7(8)5-9(11(19)13(21)22)16-12(20)10-6-15-18-17-10/h1-4,6,9,11,19H,5H2,(H,16,20)(H,21,22)(H,15,17,18)/t9-,11+/m1/s1. The Hall–Kier alpha value is -2.45. The first-order valence-corrected chi connectivity index (χ1v) is 6.68. The van der Waals surface area contributed by atoms with Crippen LogP contribution in [0.25, 0.3) is 0 Å². The quantitative estimate of drug-likeness (QED) is 0.602. The monoisotopic (exact) mass is 324 g/mol. The molecular weight excluding hydrogens is 312 g/mol. The van der Waals surface area contributed by atoms with Gasteiger partial charge in [-0.2, -0.15) is 0 Å². The van der Waals surface area contributed by atoms with Crippen molar-refractivity contribution in [1.82, 2.24) is 20.7 Å². The highest BCUT2D eigenvalue weighted by atomic mass is 35.5. The van der Waals surface area contributed by atoms with Gasteiger partial charge in [-0.15, -0.1) is 5.10 Å². The zero-order valence-electron chi connectivity index (χ0n) is 11.2. The van der Waals surface area contributed by atoms with Crippen LogP contribution in [0.4, 0.5) is 0 Å². The third kappa shape index (κ3) is 3.80. The number of aliphatic hydroxyl groups is 1. The number of carbonyl (C=O) groups is 2. The molecule has 1 heterocycles. The Morgan fingerprint density at radius 2 is 2.09 bits per heavy atom. The van der Waals surface area contributed by atoms with Crippen LogP contribution in [0.3, 0.4) is 0 Å². The lowest BCUT2D eigenvalue weighted by molar-refractivity contribution is -0.148. The maximum absolute atomic E-state index is 12.0. The molecule has 0 aliphatic rings. The predicted molar refractivity (Wildman–Crippen MR) is 76.4 cm³/mol. The summed E-state index contributed by atoms with van der Waals surface area (Å²) in [5.74, 6) is -2.07. The summed E-state index contributed by atoms with van der Waals surface area (Å²) in [6.45, 7) is 0. The van der Waals surface area contributed by atoms with Gasteiger partial charge in [0.25, 0.3) is 5.91 Å². The molecule has 0 bridgehead atoms. The first kappa shape index (κ1) is 15.9. The molecule has 0 saturated carbocycles. The van der Waals surface area contributed by atoms with Gasteiger partial charge in [0.05, 0.1) is 12.2 Å². The summed E-state index contributed by atoms with van der Waals surface area (Å²) >= 11 is 6.02. The number of carbonyl (C=O) groups excluding carboxylic acids is 1. The van der Waals surface area contributed by atoms with E-state index in [1.165, 1.54) is 6.20 Å². The van der Waals surface area contributed by atoms with Crippen LogP contribution in [-0.4, -0.2) is 49.6 Å². The predicted octanol–water partition coefficient (Wildman–Crippen LogP) is 0.245. The largest absolute Gasteiger partial charge is 0.479 e. The number of carboxylic acid groups (broad SMARTS) is 1. The molecule has 2 aromatic rings. The number of rotatable bonds is 6. The van der Waals surface area contributed by atoms with Crippen molar-refractivity contribution in [3.8, 4) is 0 Å². The summed E-state index contributed by atoms with van der Waals surface area (Å²) in [4.78, 5) is 23.0. The van der Waals surface area contributed by atoms with Crippen LogP contribution >= 0.6 is 11.6 Å².